The maximum absolute atomic E-state index is 13.4. The lowest BCUT2D eigenvalue weighted by Gasteiger charge is -2.52. The van der Waals surface area contributed by atoms with Gasteiger partial charge in [-0.25, -0.2) is 4.79 Å². The van der Waals surface area contributed by atoms with Crippen LogP contribution in [0.2, 0.25) is 0 Å². The molecule has 164 valence electrons. The highest BCUT2D eigenvalue weighted by atomic mass is 16.2. The number of hydrogen-bond acceptors (Lipinski definition) is 3. The number of likely N-dealkylation sites (N-methyl/N-ethyl adjacent to an activating group) is 1. The van der Waals surface area contributed by atoms with E-state index in [1.54, 1.807) is 0 Å². The SMILES string of the molecule is CN1CCCC2(CCN(C(=O)NCCc3ccccc3)CC2)[C@H]1C(=O)N1CCCC1. The number of urea groups is 1. The number of benzene rings is 1. The monoisotopic (exact) mass is 412 g/mol. The Balaban J connectivity index is 1.33. The molecule has 6 nitrogen and oxygen atoms in total. The second-order valence-electron chi connectivity index (χ2n) is 9.34. The van der Waals surface area contributed by atoms with Gasteiger partial charge in [-0.2, -0.15) is 0 Å². The molecule has 6 heteroatoms. The Morgan fingerprint density at radius 1 is 0.933 bits per heavy atom. The molecule has 3 aliphatic heterocycles. The number of hydrogen-bond donors (Lipinski definition) is 1. The van der Waals surface area contributed by atoms with Crippen molar-refractivity contribution in [3.8, 4) is 0 Å². The number of likely N-dealkylation sites (tertiary alicyclic amines) is 3. The summed E-state index contributed by atoms with van der Waals surface area (Å²) < 4.78 is 0. The minimum Gasteiger partial charge on any atom is -0.341 e. The Hall–Kier alpha value is -2.08. The van der Waals surface area contributed by atoms with Gasteiger partial charge in [-0.3, -0.25) is 9.69 Å². The second kappa shape index (κ2) is 9.38. The topological polar surface area (TPSA) is 55.9 Å². The first-order valence-electron chi connectivity index (χ1n) is 11.6. The molecule has 0 aromatic heterocycles. The molecule has 3 heterocycles. The number of rotatable bonds is 4. The predicted molar refractivity (Wildman–Crippen MR) is 118 cm³/mol. The van der Waals surface area contributed by atoms with Crippen LogP contribution in [-0.2, 0) is 11.2 Å². The molecule has 0 unspecified atom stereocenters. The molecule has 1 spiro atoms. The third-order valence-electron chi connectivity index (χ3n) is 7.44. The summed E-state index contributed by atoms with van der Waals surface area (Å²) in [5, 5.41) is 3.08. The molecule has 3 amide bonds. The molecule has 0 saturated carbocycles. The first-order chi connectivity index (χ1) is 14.6. The van der Waals surface area contributed by atoms with Crippen LogP contribution in [0.5, 0.6) is 0 Å². The van der Waals surface area contributed by atoms with E-state index in [4.69, 9.17) is 0 Å². The van der Waals surface area contributed by atoms with Crippen LogP contribution >= 0.6 is 0 Å². The minimum absolute atomic E-state index is 0.0207. The molecule has 1 aromatic carbocycles. The van der Waals surface area contributed by atoms with Gasteiger partial charge in [0, 0.05) is 32.7 Å². The Morgan fingerprint density at radius 3 is 2.33 bits per heavy atom. The quantitative estimate of drug-likeness (QED) is 0.827. The normalized spacial score (nSPS) is 24.2. The van der Waals surface area contributed by atoms with E-state index in [-0.39, 0.29) is 17.5 Å². The van der Waals surface area contributed by atoms with Crippen molar-refractivity contribution >= 4 is 11.9 Å². The van der Waals surface area contributed by atoms with Gasteiger partial charge in [0.25, 0.3) is 0 Å². The van der Waals surface area contributed by atoms with Crippen LogP contribution in [0.1, 0.15) is 44.1 Å². The van der Waals surface area contributed by atoms with Crippen LogP contribution in [-0.4, -0.2) is 79.0 Å². The number of nitrogens with one attached hydrogen (secondary N) is 1. The van der Waals surface area contributed by atoms with Crippen LogP contribution in [0.3, 0.4) is 0 Å². The summed E-state index contributed by atoms with van der Waals surface area (Å²) in [6, 6.07) is 10.3. The first kappa shape index (κ1) is 21.2. The molecule has 1 N–H and O–H groups in total. The molecule has 0 aliphatic carbocycles. The predicted octanol–water partition coefficient (Wildman–Crippen LogP) is 2.74. The maximum atomic E-state index is 13.4. The Labute approximate surface area is 180 Å². The summed E-state index contributed by atoms with van der Waals surface area (Å²) >= 11 is 0. The molecule has 1 aromatic rings. The molecular weight excluding hydrogens is 376 g/mol. The Morgan fingerprint density at radius 2 is 1.63 bits per heavy atom. The molecule has 3 saturated heterocycles. The number of piperidine rings is 2. The van der Waals surface area contributed by atoms with Gasteiger partial charge in [-0.05, 0) is 69.5 Å². The number of nitrogens with zero attached hydrogens (tertiary/aromatic N) is 3. The van der Waals surface area contributed by atoms with E-state index in [2.05, 4.69) is 34.3 Å². The van der Waals surface area contributed by atoms with Crippen LogP contribution in [0.4, 0.5) is 4.79 Å². The van der Waals surface area contributed by atoms with Crippen LogP contribution in [0, 0.1) is 5.41 Å². The van der Waals surface area contributed by atoms with Gasteiger partial charge in [0.15, 0.2) is 0 Å². The van der Waals surface area contributed by atoms with Gasteiger partial charge < -0.3 is 15.1 Å². The fraction of sp³-hybridized carbons (Fsp3) is 0.667. The highest BCUT2D eigenvalue weighted by molar-refractivity contribution is 5.83. The first-order valence-corrected chi connectivity index (χ1v) is 11.6. The largest absolute Gasteiger partial charge is 0.341 e. The van der Waals surface area contributed by atoms with Crippen molar-refractivity contribution in [2.75, 3.05) is 46.3 Å². The summed E-state index contributed by atoms with van der Waals surface area (Å²) in [7, 11) is 2.11. The van der Waals surface area contributed by atoms with E-state index in [9.17, 15) is 9.59 Å². The van der Waals surface area contributed by atoms with Crippen molar-refractivity contribution in [1.82, 2.24) is 20.0 Å². The average molecular weight is 413 g/mol. The number of carbonyl (C=O) groups excluding carboxylic acids is 2. The van der Waals surface area contributed by atoms with E-state index in [0.717, 1.165) is 77.7 Å². The molecule has 3 aliphatic rings. The van der Waals surface area contributed by atoms with Crippen molar-refractivity contribution in [2.24, 2.45) is 5.41 Å². The zero-order chi connectivity index (χ0) is 21.0. The van der Waals surface area contributed by atoms with Gasteiger partial charge in [-0.15, -0.1) is 0 Å². The van der Waals surface area contributed by atoms with E-state index in [0.29, 0.717) is 12.5 Å². The van der Waals surface area contributed by atoms with Gasteiger partial charge >= 0.3 is 6.03 Å². The van der Waals surface area contributed by atoms with Gasteiger partial charge in [0.2, 0.25) is 5.91 Å². The number of amides is 3. The van der Waals surface area contributed by atoms with E-state index in [1.165, 1.54) is 5.56 Å². The third kappa shape index (κ3) is 4.48. The molecule has 3 fully saturated rings. The summed E-state index contributed by atoms with van der Waals surface area (Å²) in [6.07, 6.45) is 7.20. The average Bonchev–Trinajstić information content (AvgIpc) is 3.30. The molecule has 4 rings (SSSR count). The van der Waals surface area contributed by atoms with Crippen molar-refractivity contribution < 1.29 is 9.59 Å². The van der Waals surface area contributed by atoms with Crippen LogP contribution in [0.15, 0.2) is 30.3 Å². The van der Waals surface area contributed by atoms with Crippen molar-refractivity contribution in [3.63, 3.8) is 0 Å². The smallest absolute Gasteiger partial charge is 0.317 e. The van der Waals surface area contributed by atoms with Crippen molar-refractivity contribution in [3.05, 3.63) is 35.9 Å². The lowest BCUT2D eigenvalue weighted by molar-refractivity contribution is -0.145. The van der Waals surface area contributed by atoms with E-state index < -0.39 is 0 Å². The van der Waals surface area contributed by atoms with Crippen molar-refractivity contribution in [2.45, 2.75) is 51.0 Å². The zero-order valence-corrected chi connectivity index (χ0v) is 18.3. The lowest BCUT2D eigenvalue weighted by atomic mass is 9.66. The summed E-state index contributed by atoms with van der Waals surface area (Å²) in [5.41, 5.74) is 1.26. The van der Waals surface area contributed by atoms with E-state index in [1.807, 2.05) is 23.1 Å². The zero-order valence-electron chi connectivity index (χ0n) is 18.3. The third-order valence-corrected chi connectivity index (χ3v) is 7.44. The summed E-state index contributed by atoms with van der Waals surface area (Å²) in [6.45, 7) is 4.97. The highest BCUT2D eigenvalue weighted by Gasteiger charge is 2.50. The fourth-order valence-corrected chi connectivity index (χ4v) is 5.72. The number of carbonyl (C=O) groups is 2. The second-order valence-corrected chi connectivity index (χ2v) is 9.34. The fourth-order valence-electron chi connectivity index (χ4n) is 5.72. The van der Waals surface area contributed by atoms with Gasteiger partial charge in [0.05, 0.1) is 6.04 Å². The molecular formula is C24H36N4O2. The highest BCUT2D eigenvalue weighted by Crippen LogP contribution is 2.45. The van der Waals surface area contributed by atoms with Gasteiger partial charge in [0.1, 0.15) is 0 Å². The molecule has 30 heavy (non-hydrogen) atoms. The minimum atomic E-state index is -0.0207. The summed E-state index contributed by atoms with van der Waals surface area (Å²) in [4.78, 5) is 32.4. The standard InChI is InChI=1S/C24H36N4O2/c1-26-15-7-11-24(21(26)22(29)27-16-5-6-17-27)12-18-28(19-13-24)23(30)25-14-10-20-8-3-2-4-9-20/h2-4,8-9,21H,5-7,10-19H2,1H3,(H,25,30)/t21-/m1/s1. The molecule has 1 atom stereocenters. The lowest BCUT2D eigenvalue weighted by Crippen LogP contribution is -2.62. The van der Waals surface area contributed by atoms with Gasteiger partial charge in [-0.1, -0.05) is 30.3 Å². The Bertz CT molecular complexity index is 724. The summed E-state index contributed by atoms with van der Waals surface area (Å²) in [5.74, 6) is 0.329. The van der Waals surface area contributed by atoms with Crippen molar-refractivity contribution in [1.29, 1.82) is 0 Å². The molecule has 0 bridgehead atoms. The molecule has 0 radical (unpaired) electrons. The van der Waals surface area contributed by atoms with E-state index >= 15 is 0 Å². The Kier molecular flexibility index (Phi) is 6.61. The maximum Gasteiger partial charge on any atom is 0.317 e. The van der Waals surface area contributed by atoms with Crippen LogP contribution in [0.25, 0.3) is 0 Å². The van der Waals surface area contributed by atoms with Crippen LogP contribution < -0.4 is 5.32 Å².